The zero-order chi connectivity index (χ0) is 13.8. The van der Waals surface area contributed by atoms with Crippen molar-refractivity contribution >= 4 is 17.7 Å². The van der Waals surface area contributed by atoms with Gasteiger partial charge in [0, 0.05) is 5.02 Å². The van der Waals surface area contributed by atoms with E-state index >= 15 is 0 Å². The molecule has 0 unspecified atom stereocenters. The molecular formula is C13H16ClNO4. The van der Waals surface area contributed by atoms with Crippen LogP contribution in [0.2, 0.25) is 5.02 Å². The van der Waals surface area contributed by atoms with Crippen molar-refractivity contribution in [3.05, 3.63) is 29.3 Å². The minimum absolute atomic E-state index is 0.0863. The standard InChI is InChI=1S/C13H16ClNO4/c1-9(7-16)15-6-12(19-13(15)17)8-18-11-4-2-3-10(14)5-11/h2-5,9,12,16H,6-8H2,1H3/t9-,12-/m1/s1. The molecule has 2 atom stereocenters. The van der Waals surface area contributed by atoms with Crippen molar-refractivity contribution < 1.29 is 19.4 Å². The lowest BCUT2D eigenvalue weighted by Crippen LogP contribution is -2.37. The second-order valence-electron chi connectivity index (χ2n) is 4.46. The lowest BCUT2D eigenvalue weighted by atomic mass is 10.3. The number of nitrogens with zero attached hydrogens (tertiary/aromatic N) is 1. The van der Waals surface area contributed by atoms with Gasteiger partial charge >= 0.3 is 6.09 Å². The molecule has 0 radical (unpaired) electrons. The van der Waals surface area contributed by atoms with Crippen molar-refractivity contribution in [1.29, 1.82) is 0 Å². The Balaban J connectivity index is 1.86. The van der Waals surface area contributed by atoms with E-state index in [1.807, 2.05) is 0 Å². The molecule has 1 N–H and O–H groups in total. The van der Waals surface area contributed by atoms with Crippen molar-refractivity contribution in [3.8, 4) is 5.75 Å². The molecule has 1 fully saturated rings. The summed E-state index contributed by atoms with van der Waals surface area (Å²) in [6.07, 6.45) is -0.748. The number of hydrogen-bond donors (Lipinski definition) is 1. The molecule has 1 aliphatic heterocycles. The number of ether oxygens (including phenoxy) is 2. The predicted octanol–water partition coefficient (Wildman–Crippen LogP) is 1.92. The number of aliphatic hydroxyl groups excluding tert-OH is 1. The van der Waals surface area contributed by atoms with Crippen molar-refractivity contribution in [1.82, 2.24) is 4.90 Å². The van der Waals surface area contributed by atoms with E-state index in [-0.39, 0.29) is 25.4 Å². The molecule has 2 rings (SSSR count). The topological polar surface area (TPSA) is 59.0 Å². The maximum absolute atomic E-state index is 11.6. The van der Waals surface area contributed by atoms with Crippen LogP contribution < -0.4 is 4.74 Å². The summed E-state index contributed by atoms with van der Waals surface area (Å²) in [6.45, 7) is 2.36. The Morgan fingerprint density at radius 3 is 3.11 bits per heavy atom. The second-order valence-corrected chi connectivity index (χ2v) is 4.89. The number of aliphatic hydroxyl groups is 1. The van der Waals surface area contributed by atoms with Gasteiger partial charge in [0.1, 0.15) is 12.4 Å². The first-order valence-electron chi connectivity index (χ1n) is 6.06. The summed E-state index contributed by atoms with van der Waals surface area (Å²) in [5.74, 6) is 0.636. The quantitative estimate of drug-likeness (QED) is 0.898. The number of cyclic esters (lactones) is 1. The van der Waals surface area contributed by atoms with Crippen LogP contribution in [0, 0.1) is 0 Å². The Hall–Kier alpha value is -1.46. The van der Waals surface area contributed by atoms with E-state index in [9.17, 15) is 4.79 Å². The Morgan fingerprint density at radius 2 is 2.42 bits per heavy atom. The SMILES string of the molecule is C[C@H](CO)N1C[C@H](COc2cccc(Cl)c2)OC1=O. The van der Waals surface area contributed by atoms with Gasteiger partial charge in [0.05, 0.1) is 19.2 Å². The van der Waals surface area contributed by atoms with Crippen molar-refractivity contribution in [2.45, 2.75) is 19.1 Å². The maximum atomic E-state index is 11.6. The highest BCUT2D eigenvalue weighted by atomic mass is 35.5. The molecule has 19 heavy (non-hydrogen) atoms. The van der Waals surface area contributed by atoms with E-state index in [1.54, 1.807) is 31.2 Å². The minimum Gasteiger partial charge on any atom is -0.490 e. The fraction of sp³-hybridized carbons (Fsp3) is 0.462. The molecule has 1 amide bonds. The van der Waals surface area contributed by atoms with Gasteiger partial charge in [-0.05, 0) is 25.1 Å². The highest BCUT2D eigenvalue weighted by molar-refractivity contribution is 6.30. The highest BCUT2D eigenvalue weighted by Gasteiger charge is 2.34. The third kappa shape index (κ3) is 3.52. The zero-order valence-corrected chi connectivity index (χ0v) is 11.3. The van der Waals surface area contributed by atoms with Crippen LogP contribution in [0.1, 0.15) is 6.92 Å². The largest absolute Gasteiger partial charge is 0.490 e. The Morgan fingerprint density at radius 1 is 1.63 bits per heavy atom. The lowest BCUT2D eigenvalue weighted by Gasteiger charge is -2.19. The third-order valence-electron chi connectivity index (χ3n) is 2.93. The van der Waals surface area contributed by atoms with Crippen LogP contribution in [0.3, 0.4) is 0 Å². The van der Waals surface area contributed by atoms with Gasteiger partial charge in [-0.2, -0.15) is 0 Å². The molecule has 0 saturated carbocycles. The summed E-state index contributed by atoms with van der Waals surface area (Å²) in [5, 5.41) is 9.64. The van der Waals surface area contributed by atoms with E-state index in [4.69, 9.17) is 26.2 Å². The predicted molar refractivity (Wildman–Crippen MR) is 70.5 cm³/mol. The fourth-order valence-corrected chi connectivity index (χ4v) is 2.01. The second kappa shape index (κ2) is 6.12. The van der Waals surface area contributed by atoms with Gasteiger partial charge in [-0.3, -0.25) is 4.90 Å². The number of carbonyl (C=O) groups excluding carboxylic acids is 1. The molecule has 0 bridgehead atoms. The fourth-order valence-electron chi connectivity index (χ4n) is 1.83. The number of carbonyl (C=O) groups is 1. The van der Waals surface area contributed by atoms with E-state index in [1.165, 1.54) is 4.90 Å². The van der Waals surface area contributed by atoms with Gasteiger partial charge in [-0.1, -0.05) is 17.7 Å². The number of halogens is 1. The van der Waals surface area contributed by atoms with Crippen LogP contribution in [0.15, 0.2) is 24.3 Å². The summed E-state index contributed by atoms with van der Waals surface area (Å²) >= 11 is 5.85. The molecule has 1 aromatic carbocycles. The smallest absolute Gasteiger partial charge is 0.410 e. The first-order chi connectivity index (χ1) is 9.10. The lowest BCUT2D eigenvalue weighted by molar-refractivity contribution is 0.0997. The normalized spacial score (nSPS) is 20.3. The summed E-state index contributed by atoms with van der Waals surface area (Å²) in [6, 6.07) is 6.79. The molecule has 1 aliphatic rings. The molecule has 6 heteroatoms. The highest BCUT2D eigenvalue weighted by Crippen LogP contribution is 2.19. The summed E-state index contributed by atoms with van der Waals surface area (Å²) in [7, 11) is 0. The van der Waals surface area contributed by atoms with Crippen molar-refractivity contribution in [2.75, 3.05) is 19.8 Å². The van der Waals surface area contributed by atoms with Crippen LogP contribution in [-0.2, 0) is 4.74 Å². The van der Waals surface area contributed by atoms with Crippen LogP contribution in [0.25, 0.3) is 0 Å². The molecule has 0 aromatic heterocycles. The van der Waals surface area contributed by atoms with Gasteiger partial charge in [0.15, 0.2) is 6.10 Å². The first-order valence-corrected chi connectivity index (χ1v) is 6.44. The van der Waals surface area contributed by atoms with Crippen molar-refractivity contribution in [3.63, 3.8) is 0 Å². The Bertz CT molecular complexity index is 454. The Labute approximate surface area is 116 Å². The average molecular weight is 286 g/mol. The van der Waals surface area contributed by atoms with E-state index in [2.05, 4.69) is 0 Å². The van der Waals surface area contributed by atoms with Crippen LogP contribution in [0.4, 0.5) is 4.79 Å². The molecule has 0 spiro atoms. The zero-order valence-electron chi connectivity index (χ0n) is 10.6. The maximum Gasteiger partial charge on any atom is 0.410 e. The van der Waals surface area contributed by atoms with Gasteiger partial charge < -0.3 is 14.6 Å². The molecule has 104 valence electrons. The molecule has 1 heterocycles. The van der Waals surface area contributed by atoms with Crippen LogP contribution in [-0.4, -0.2) is 48.0 Å². The van der Waals surface area contributed by atoms with Gasteiger partial charge in [0.2, 0.25) is 0 Å². The first kappa shape index (κ1) is 14.0. The third-order valence-corrected chi connectivity index (χ3v) is 3.17. The minimum atomic E-state index is -0.416. The van der Waals surface area contributed by atoms with Crippen LogP contribution in [0.5, 0.6) is 5.75 Å². The molecular weight excluding hydrogens is 270 g/mol. The molecule has 5 nitrogen and oxygen atoms in total. The monoisotopic (exact) mass is 285 g/mol. The Kier molecular flexibility index (Phi) is 4.50. The molecule has 0 aliphatic carbocycles. The van der Waals surface area contributed by atoms with Gasteiger partial charge in [-0.15, -0.1) is 0 Å². The van der Waals surface area contributed by atoms with E-state index in [0.29, 0.717) is 17.3 Å². The van der Waals surface area contributed by atoms with Gasteiger partial charge in [-0.25, -0.2) is 4.79 Å². The number of hydrogen-bond acceptors (Lipinski definition) is 4. The van der Waals surface area contributed by atoms with Gasteiger partial charge in [0.25, 0.3) is 0 Å². The summed E-state index contributed by atoms with van der Waals surface area (Å²) in [5.41, 5.74) is 0. The van der Waals surface area contributed by atoms with E-state index < -0.39 is 6.09 Å². The summed E-state index contributed by atoms with van der Waals surface area (Å²) in [4.78, 5) is 13.1. The summed E-state index contributed by atoms with van der Waals surface area (Å²) < 4.78 is 10.7. The molecule has 1 saturated heterocycles. The number of benzene rings is 1. The van der Waals surface area contributed by atoms with Crippen LogP contribution >= 0.6 is 11.6 Å². The number of amides is 1. The molecule has 1 aromatic rings. The van der Waals surface area contributed by atoms with Crippen molar-refractivity contribution in [2.24, 2.45) is 0 Å². The van der Waals surface area contributed by atoms with E-state index in [0.717, 1.165) is 0 Å². The number of rotatable bonds is 5. The average Bonchev–Trinajstić information content (AvgIpc) is 2.77.